The van der Waals surface area contributed by atoms with E-state index >= 15 is 0 Å². The molecule has 0 saturated heterocycles. The molecule has 0 saturated carbocycles. The summed E-state index contributed by atoms with van der Waals surface area (Å²) in [7, 11) is 0. The highest BCUT2D eigenvalue weighted by atomic mass is 35.5. The van der Waals surface area contributed by atoms with Crippen LogP contribution in [0.25, 0.3) is 0 Å². The van der Waals surface area contributed by atoms with Crippen molar-refractivity contribution in [2.24, 2.45) is 0 Å². The number of rotatable bonds is 4. The fraction of sp³-hybridized carbons (Fsp3) is 0.188. The third kappa shape index (κ3) is 4.89. The first kappa shape index (κ1) is 17.1. The molecule has 23 heavy (non-hydrogen) atoms. The highest BCUT2D eigenvalue weighted by Crippen LogP contribution is 2.29. The van der Waals surface area contributed by atoms with Gasteiger partial charge < -0.3 is 10.6 Å². The summed E-state index contributed by atoms with van der Waals surface area (Å²) >= 11 is 5.96. The first-order chi connectivity index (χ1) is 10.8. The highest BCUT2D eigenvalue weighted by Gasteiger charge is 2.29. The van der Waals surface area contributed by atoms with Crippen molar-refractivity contribution in [2.45, 2.75) is 13.1 Å². The van der Waals surface area contributed by atoms with Crippen molar-refractivity contribution in [1.82, 2.24) is 0 Å². The molecule has 0 spiro atoms. The number of alkyl halides is 3. The van der Waals surface area contributed by atoms with Gasteiger partial charge in [-0.25, -0.2) is 0 Å². The van der Waals surface area contributed by atoms with E-state index < -0.39 is 11.7 Å². The minimum atomic E-state index is -4.37. The molecule has 122 valence electrons. The van der Waals surface area contributed by atoms with Crippen LogP contribution in [-0.2, 0) is 11.0 Å². The highest BCUT2D eigenvalue weighted by molar-refractivity contribution is 6.31. The first-order valence-electron chi connectivity index (χ1n) is 6.73. The standard InChI is InChI=1S/C16H14ClF3N2O/c1-10-2-5-13(8-14(10)17)22-15(23)9-21-12-6-3-11(4-7-12)16(18,19)20/h2-8,21H,9H2,1H3,(H,22,23). The minimum absolute atomic E-state index is 0.0726. The Bertz CT molecular complexity index is 699. The van der Waals surface area contributed by atoms with Crippen molar-refractivity contribution in [3.05, 3.63) is 58.6 Å². The Morgan fingerprint density at radius 1 is 1.09 bits per heavy atom. The molecular formula is C16H14ClF3N2O. The van der Waals surface area contributed by atoms with E-state index in [-0.39, 0.29) is 12.5 Å². The largest absolute Gasteiger partial charge is 0.416 e. The zero-order valence-corrected chi connectivity index (χ0v) is 12.9. The van der Waals surface area contributed by atoms with Gasteiger partial charge in [0.2, 0.25) is 5.91 Å². The van der Waals surface area contributed by atoms with Crippen molar-refractivity contribution >= 4 is 28.9 Å². The fourth-order valence-corrected chi connectivity index (χ4v) is 2.02. The molecule has 7 heteroatoms. The average molecular weight is 343 g/mol. The second kappa shape index (κ2) is 6.91. The van der Waals surface area contributed by atoms with Gasteiger partial charge in [0.1, 0.15) is 0 Å². The molecule has 0 atom stereocenters. The summed E-state index contributed by atoms with van der Waals surface area (Å²) in [6.45, 7) is 1.77. The Morgan fingerprint density at radius 2 is 1.70 bits per heavy atom. The van der Waals surface area contributed by atoms with Gasteiger partial charge in [-0.15, -0.1) is 0 Å². The number of amides is 1. The summed E-state index contributed by atoms with van der Waals surface area (Å²) in [6.07, 6.45) is -4.37. The van der Waals surface area contributed by atoms with E-state index in [1.807, 2.05) is 6.92 Å². The van der Waals surface area contributed by atoms with Crippen LogP contribution in [0.4, 0.5) is 24.5 Å². The van der Waals surface area contributed by atoms with Crippen LogP contribution in [0.1, 0.15) is 11.1 Å². The maximum Gasteiger partial charge on any atom is 0.416 e. The van der Waals surface area contributed by atoms with Gasteiger partial charge in [0.15, 0.2) is 0 Å². The summed E-state index contributed by atoms with van der Waals surface area (Å²) in [6, 6.07) is 9.60. The Kier molecular flexibility index (Phi) is 5.15. The summed E-state index contributed by atoms with van der Waals surface area (Å²) in [5, 5.41) is 5.95. The molecular weight excluding hydrogens is 329 g/mol. The van der Waals surface area contributed by atoms with Crippen LogP contribution < -0.4 is 10.6 Å². The maximum atomic E-state index is 12.4. The molecule has 0 aliphatic carbocycles. The fourth-order valence-electron chi connectivity index (χ4n) is 1.84. The van der Waals surface area contributed by atoms with E-state index in [2.05, 4.69) is 10.6 Å². The lowest BCUT2D eigenvalue weighted by molar-refractivity contribution is -0.137. The molecule has 2 rings (SSSR count). The van der Waals surface area contributed by atoms with Crippen LogP contribution in [0.15, 0.2) is 42.5 Å². The number of halogens is 4. The minimum Gasteiger partial charge on any atom is -0.376 e. The van der Waals surface area contributed by atoms with Crippen LogP contribution in [0.5, 0.6) is 0 Å². The van der Waals surface area contributed by atoms with E-state index in [0.29, 0.717) is 16.4 Å². The molecule has 0 aliphatic rings. The Hall–Kier alpha value is -2.21. The van der Waals surface area contributed by atoms with Crippen LogP contribution in [0.3, 0.4) is 0 Å². The monoisotopic (exact) mass is 342 g/mol. The van der Waals surface area contributed by atoms with Gasteiger partial charge in [-0.1, -0.05) is 17.7 Å². The molecule has 0 aromatic heterocycles. The summed E-state index contributed by atoms with van der Waals surface area (Å²) < 4.78 is 37.3. The number of hydrogen-bond donors (Lipinski definition) is 2. The molecule has 2 aromatic rings. The van der Waals surface area contributed by atoms with E-state index in [0.717, 1.165) is 17.7 Å². The van der Waals surface area contributed by atoms with Crippen LogP contribution in [0, 0.1) is 6.92 Å². The molecule has 0 unspecified atom stereocenters. The third-order valence-electron chi connectivity index (χ3n) is 3.12. The molecule has 2 aromatic carbocycles. The summed E-state index contributed by atoms with van der Waals surface area (Å²) in [5.74, 6) is -0.329. The zero-order valence-electron chi connectivity index (χ0n) is 12.2. The lowest BCUT2D eigenvalue weighted by Gasteiger charge is -2.10. The van der Waals surface area contributed by atoms with E-state index in [1.54, 1.807) is 18.2 Å². The first-order valence-corrected chi connectivity index (χ1v) is 7.10. The molecule has 0 aliphatic heterocycles. The molecule has 3 nitrogen and oxygen atoms in total. The number of anilines is 2. The molecule has 0 bridgehead atoms. The molecule has 1 amide bonds. The molecule has 0 heterocycles. The van der Waals surface area contributed by atoms with Gasteiger partial charge in [0.25, 0.3) is 0 Å². The Morgan fingerprint density at radius 3 is 2.26 bits per heavy atom. The Balaban J connectivity index is 1.90. The Labute approximate surface area is 136 Å². The van der Waals surface area contributed by atoms with Crippen LogP contribution in [0.2, 0.25) is 5.02 Å². The molecule has 2 N–H and O–H groups in total. The number of benzene rings is 2. The predicted octanol–water partition coefficient (Wildman–Crippen LogP) is 4.72. The van der Waals surface area contributed by atoms with Crippen LogP contribution >= 0.6 is 11.6 Å². The van der Waals surface area contributed by atoms with Crippen molar-refractivity contribution < 1.29 is 18.0 Å². The summed E-state index contributed by atoms with van der Waals surface area (Å²) in [5.41, 5.74) is 1.14. The van der Waals surface area contributed by atoms with Crippen LogP contribution in [-0.4, -0.2) is 12.5 Å². The van der Waals surface area contributed by atoms with E-state index in [9.17, 15) is 18.0 Å². The number of carbonyl (C=O) groups is 1. The smallest absolute Gasteiger partial charge is 0.376 e. The predicted molar refractivity (Wildman–Crippen MR) is 84.8 cm³/mol. The lowest BCUT2D eigenvalue weighted by atomic mass is 10.2. The number of carbonyl (C=O) groups excluding carboxylic acids is 1. The van der Waals surface area contributed by atoms with Crippen molar-refractivity contribution in [2.75, 3.05) is 17.2 Å². The number of aryl methyl sites for hydroxylation is 1. The van der Waals surface area contributed by atoms with E-state index in [4.69, 9.17) is 11.6 Å². The second-order valence-electron chi connectivity index (χ2n) is 4.94. The maximum absolute atomic E-state index is 12.4. The summed E-state index contributed by atoms with van der Waals surface area (Å²) in [4.78, 5) is 11.8. The van der Waals surface area contributed by atoms with Gasteiger partial charge in [0, 0.05) is 16.4 Å². The van der Waals surface area contributed by atoms with Gasteiger partial charge in [-0.2, -0.15) is 13.2 Å². The number of hydrogen-bond acceptors (Lipinski definition) is 2. The lowest BCUT2D eigenvalue weighted by Crippen LogP contribution is -2.21. The molecule has 0 radical (unpaired) electrons. The van der Waals surface area contributed by atoms with Gasteiger partial charge >= 0.3 is 6.18 Å². The third-order valence-corrected chi connectivity index (χ3v) is 3.53. The average Bonchev–Trinajstić information content (AvgIpc) is 2.48. The van der Waals surface area contributed by atoms with Gasteiger partial charge in [-0.05, 0) is 48.9 Å². The quantitative estimate of drug-likeness (QED) is 0.844. The molecule has 0 fully saturated rings. The van der Waals surface area contributed by atoms with Gasteiger partial charge in [0.05, 0.1) is 12.1 Å². The topological polar surface area (TPSA) is 41.1 Å². The SMILES string of the molecule is Cc1ccc(NC(=O)CNc2ccc(C(F)(F)F)cc2)cc1Cl. The second-order valence-corrected chi connectivity index (χ2v) is 5.35. The van der Waals surface area contributed by atoms with Crippen molar-refractivity contribution in [3.8, 4) is 0 Å². The van der Waals surface area contributed by atoms with Crippen molar-refractivity contribution in [3.63, 3.8) is 0 Å². The van der Waals surface area contributed by atoms with Gasteiger partial charge in [-0.3, -0.25) is 4.79 Å². The van der Waals surface area contributed by atoms with Crippen molar-refractivity contribution in [1.29, 1.82) is 0 Å². The number of nitrogens with one attached hydrogen (secondary N) is 2. The van der Waals surface area contributed by atoms with E-state index in [1.165, 1.54) is 12.1 Å². The normalized spacial score (nSPS) is 11.2. The zero-order chi connectivity index (χ0) is 17.0.